The van der Waals surface area contributed by atoms with Crippen LogP contribution in [0.4, 0.5) is 11.4 Å². The first-order valence-corrected chi connectivity index (χ1v) is 7.37. The molecule has 1 aromatic heterocycles. The van der Waals surface area contributed by atoms with Crippen molar-refractivity contribution in [3.05, 3.63) is 53.9 Å². The number of amides is 1. The average molecular weight is 308 g/mol. The molecular weight excluding hydrogens is 292 g/mol. The lowest BCUT2D eigenvalue weighted by molar-refractivity contribution is 0.102. The summed E-state index contributed by atoms with van der Waals surface area (Å²) in [6.45, 7) is 2.71. The summed E-state index contributed by atoms with van der Waals surface area (Å²) >= 11 is 0. The Morgan fingerprint density at radius 2 is 2.09 bits per heavy atom. The third kappa shape index (κ3) is 3.47. The number of carbonyl (C=O) groups excluding carboxylic acids is 1. The van der Waals surface area contributed by atoms with E-state index in [-0.39, 0.29) is 5.91 Å². The molecule has 0 atom stereocenters. The molecule has 1 N–H and O–H groups in total. The van der Waals surface area contributed by atoms with E-state index in [4.69, 9.17) is 10.00 Å². The van der Waals surface area contributed by atoms with Crippen LogP contribution in [0.1, 0.15) is 16.1 Å². The number of hydrogen-bond acceptors (Lipinski definition) is 5. The summed E-state index contributed by atoms with van der Waals surface area (Å²) < 4.78 is 5.36. The quantitative estimate of drug-likeness (QED) is 0.939. The van der Waals surface area contributed by atoms with Crippen LogP contribution in [0.25, 0.3) is 0 Å². The minimum atomic E-state index is -0.273. The highest BCUT2D eigenvalue weighted by molar-refractivity contribution is 6.04. The predicted molar refractivity (Wildman–Crippen MR) is 86.4 cm³/mol. The van der Waals surface area contributed by atoms with Gasteiger partial charge in [0, 0.05) is 19.3 Å². The Kier molecular flexibility index (Phi) is 4.50. The van der Waals surface area contributed by atoms with Crippen LogP contribution in [-0.4, -0.2) is 37.2 Å². The first-order valence-electron chi connectivity index (χ1n) is 7.37. The summed E-state index contributed by atoms with van der Waals surface area (Å²) in [6.07, 6.45) is 1.58. The van der Waals surface area contributed by atoms with Crippen LogP contribution >= 0.6 is 0 Å². The molecule has 3 rings (SSSR count). The van der Waals surface area contributed by atoms with Crippen LogP contribution in [0, 0.1) is 11.3 Å². The summed E-state index contributed by atoms with van der Waals surface area (Å²) in [4.78, 5) is 18.5. The molecule has 0 aliphatic carbocycles. The minimum Gasteiger partial charge on any atom is -0.378 e. The van der Waals surface area contributed by atoms with Gasteiger partial charge in [-0.3, -0.25) is 9.78 Å². The largest absolute Gasteiger partial charge is 0.378 e. The molecule has 0 spiro atoms. The van der Waals surface area contributed by atoms with Crippen LogP contribution in [0.3, 0.4) is 0 Å². The number of aromatic nitrogens is 1. The number of nitrogens with one attached hydrogen (secondary N) is 1. The van der Waals surface area contributed by atoms with Crippen molar-refractivity contribution < 1.29 is 9.53 Å². The van der Waals surface area contributed by atoms with Crippen LogP contribution in [-0.2, 0) is 4.74 Å². The van der Waals surface area contributed by atoms with E-state index in [1.54, 1.807) is 42.6 Å². The minimum absolute atomic E-state index is 0.273. The van der Waals surface area contributed by atoms with E-state index >= 15 is 0 Å². The monoisotopic (exact) mass is 308 g/mol. The van der Waals surface area contributed by atoms with Gasteiger partial charge in [-0.15, -0.1) is 0 Å². The highest BCUT2D eigenvalue weighted by atomic mass is 16.5. The van der Waals surface area contributed by atoms with Crippen molar-refractivity contribution >= 4 is 17.3 Å². The molecule has 2 aromatic rings. The molecule has 6 heteroatoms. The van der Waals surface area contributed by atoms with E-state index in [1.165, 1.54) is 0 Å². The van der Waals surface area contributed by atoms with Crippen LogP contribution < -0.4 is 10.2 Å². The maximum absolute atomic E-state index is 12.3. The van der Waals surface area contributed by atoms with E-state index in [0.29, 0.717) is 30.2 Å². The fraction of sp³-hybridized carbons (Fsp3) is 0.235. The van der Waals surface area contributed by atoms with Gasteiger partial charge in [0.15, 0.2) is 0 Å². The molecule has 23 heavy (non-hydrogen) atoms. The standard InChI is InChI=1S/C17H16N4O2/c18-12-13-4-5-14(16(11-13)21-7-9-23-10-8-21)20-17(22)15-3-1-2-6-19-15/h1-6,11H,7-10H2,(H,20,22). The fourth-order valence-corrected chi connectivity index (χ4v) is 2.46. The molecule has 1 aromatic carbocycles. The lowest BCUT2D eigenvalue weighted by Crippen LogP contribution is -2.36. The van der Waals surface area contributed by atoms with E-state index in [1.807, 2.05) is 0 Å². The van der Waals surface area contributed by atoms with Crippen LogP contribution in [0.2, 0.25) is 0 Å². The number of pyridine rings is 1. The normalized spacial score (nSPS) is 14.1. The SMILES string of the molecule is N#Cc1ccc(NC(=O)c2ccccn2)c(N2CCOCC2)c1. The third-order valence-corrected chi connectivity index (χ3v) is 3.62. The Balaban J connectivity index is 1.89. The zero-order valence-corrected chi connectivity index (χ0v) is 12.5. The zero-order chi connectivity index (χ0) is 16.1. The number of morpholine rings is 1. The van der Waals surface area contributed by atoms with Gasteiger partial charge in [0.2, 0.25) is 0 Å². The molecule has 1 fully saturated rings. The fourth-order valence-electron chi connectivity index (χ4n) is 2.46. The van der Waals surface area contributed by atoms with Crippen LogP contribution in [0.15, 0.2) is 42.6 Å². The van der Waals surface area contributed by atoms with Crippen molar-refractivity contribution in [2.24, 2.45) is 0 Å². The molecule has 0 bridgehead atoms. The molecule has 1 aliphatic heterocycles. The molecule has 2 heterocycles. The van der Waals surface area contributed by atoms with Gasteiger partial charge in [0.1, 0.15) is 5.69 Å². The van der Waals surface area contributed by atoms with Gasteiger partial charge in [0.05, 0.1) is 36.2 Å². The molecule has 0 saturated carbocycles. The zero-order valence-electron chi connectivity index (χ0n) is 12.5. The summed E-state index contributed by atoms with van der Waals surface area (Å²) in [6, 6.07) is 12.6. The maximum atomic E-state index is 12.3. The molecule has 6 nitrogen and oxygen atoms in total. The average Bonchev–Trinajstić information content (AvgIpc) is 2.63. The van der Waals surface area contributed by atoms with Gasteiger partial charge in [0.25, 0.3) is 5.91 Å². The van der Waals surface area contributed by atoms with Crippen molar-refractivity contribution in [3.63, 3.8) is 0 Å². The highest BCUT2D eigenvalue weighted by Crippen LogP contribution is 2.28. The van der Waals surface area contributed by atoms with Crippen molar-refractivity contribution in [3.8, 4) is 6.07 Å². The van der Waals surface area contributed by atoms with Crippen LogP contribution in [0.5, 0.6) is 0 Å². The number of hydrogen-bond donors (Lipinski definition) is 1. The van der Waals surface area contributed by atoms with E-state index in [2.05, 4.69) is 21.3 Å². The molecule has 0 unspecified atom stereocenters. The number of ether oxygens (including phenoxy) is 1. The molecule has 1 amide bonds. The van der Waals surface area contributed by atoms with Gasteiger partial charge < -0.3 is 15.0 Å². The maximum Gasteiger partial charge on any atom is 0.274 e. The molecule has 1 aliphatic rings. The Morgan fingerprint density at radius 3 is 2.78 bits per heavy atom. The smallest absolute Gasteiger partial charge is 0.274 e. The van der Waals surface area contributed by atoms with Crippen molar-refractivity contribution in [2.45, 2.75) is 0 Å². The summed E-state index contributed by atoms with van der Waals surface area (Å²) in [5.41, 5.74) is 2.41. The highest BCUT2D eigenvalue weighted by Gasteiger charge is 2.17. The van der Waals surface area contributed by atoms with Crippen molar-refractivity contribution in [1.29, 1.82) is 5.26 Å². The van der Waals surface area contributed by atoms with Gasteiger partial charge in [-0.05, 0) is 30.3 Å². The Bertz CT molecular complexity index is 734. The van der Waals surface area contributed by atoms with Gasteiger partial charge >= 0.3 is 0 Å². The molecule has 0 radical (unpaired) electrons. The number of carbonyl (C=O) groups is 1. The van der Waals surface area contributed by atoms with E-state index < -0.39 is 0 Å². The summed E-state index contributed by atoms with van der Waals surface area (Å²) in [5, 5.41) is 12.0. The number of benzene rings is 1. The van der Waals surface area contributed by atoms with Gasteiger partial charge in [-0.25, -0.2) is 0 Å². The topological polar surface area (TPSA) is 78.2 Å². The summed E-state index contributed by atoms with van der Waals surface area (Å²) in [7, 11) is 0. The Labute approximate surface area is 134 Å². The van der Waals surface area contributed by atoms with Gasteiger partial charge in [-0.2, -0.15) is 5.26 Å². The third-order valence-electron chi connectivity index (χ3n) is 3.62. The second-order valence-corrected chi connectivity index (χ2v) is 5.11. The van der Waals surface area contributed by atoms with Crippen molar-refractivity contribution in [2.75, 3.05) is 36.5 Å². The van der Waals surface area contributed by atoms with Crippen molar-refractivity contribution in [1.82, 2.24) is 4.98 Å². The van der Waals surface area contributed by atoms with Gasteiger partial charge in [-0.1, -0.05) is 6.07 Å². The second kappa shape index (κ2) is 6.90. The number of anilines is 2. The first kappa shape index (κ1) is 15.0. The second-order valence-electron chi connectivity index (χ2n) is 5.11. The number of rotatable bonds is 3. The van der Waals surface area contributed by atoms with E-state index in [9.17, 15) is 4.79 Å². The lowest BCUT2D eigenvalue weighted by atomic mass is 10.1. The Morgan fingerprint density at radius 1 is 1.26 bits per heavy atom. The predicted octanol–water partition coefficient (Wildman–Crippen LogP) is 2.04. The number of nitrogens with zero attached hydrogens (tertiary/aromatic N) is 3. The molecular formula is C17H16N4O2. The lowest BCUT2D eigenvalue weighted by Gasteiger charge is -2.30. The number of nitriles is 1. The van der Waals surface area contributed by atoms with E-state index in [0.717, 1.165) is 18.8 Å². The molecule has 116 valence electrons. The first-order chi connectivity index (χ1) is 11.3. The Hall–Kier alpha value is -2.91. The molecule has 1 saturated heterocycles. The summed E-state index contributed by atoms with van der Waals surface area (Å²) in [5.74, 6) is -0.273.